The predicted molar refractivity (Wildman–Crippen MR) is 91.6 cm³/mol. The molecule has 0 radical (unpaired) electrons. The molecule has 2 rings (SSSR count). The van der Waals surface area contributed by atoms with E-state index in [4.69, 9.17) is 4.74 Å². The van der Waals surface area contributed by atoms with Crippen LogP contribution in [0.2, 0.25) is 0 Å². The third-order valence-corrected chi connectivity index (χ3v) is 5.00. The van der Waals surface area contributed by atoms with Crippen molar-refractivity contribution in [2.75, 3.05) is 6.54 Å². The number of carbonyl (C=O) groups is 2. The van der Waals surface area contributed by atoms with Crippen LogP contribution in [0.1, 0.15) is 51.5 Å². The summed E-state index contributed by atoms with van der Waals surface area (Å²) in [6.07, 6.45) is 3.10. The maximum absolute atomic E-state index is 12.7. The summed E-state index contributed by atoms with van der Waals surface area (Å²) in [5.74, 6) is -0.928. The quantitative estimate of drug-likeness (QED) is 0.817. The van der Waals surface area contributed by atoms with E-state index in [2.05, 4.69) is 0 Å². The van der Waals surface area contributed by atoms with Gasteiger partial charge in [0.2, 0.25) is 0 Å². The van der Waals surface area contributed by atoms with E-state index >= 15 is 0 Å². The molecule has 0 saturated heterocycles. The lowest BCUT2D eigenvalue weighted by atomic mass is 9.83. The molecule has 0 bridgehead atoms. The average Bonchev–Trinajstić information content (AvgIpc) is 3.03. The largest absolute Gasteiger partial charge is 0.479 e. The number of nitrogens with zero attached hydrogens (tertiary/aromatic N) is 1. The lowest BCUT2D eigenvalue weighted by Gasteiger charge is -2.41. The SMILES string of the molecule is CCCN(C(=O)OCc1ccccc1)C1(C(=O)O)CCCC1CC. The summed E-state index contributed by atoms with van der Waals surface area (Å²) < 4.78 is 5.45. The number of carboxylic acid groups (broad SMARTS) is 1. The zero-order chi connectivity index (χ0) is 17.6. The van der Waals surface area contributed by atoms with Crippen LogP contribution in [0.15, 0.2) is 30.3 Å². The van der Waals surface area contributed by atoms with Gasteiger partial charge in [-0.1, -0.05) is 57.0 Å². The van der Waals surface area contributed by atoms with Gasteiger partial charge in [-0.15, -0.1) is 0 Å². The Hall–Kier alpha value is -2.04. The van der Waals surface area contributed by atoms with Gasteiger partial charge in [-0.3, -0.25) is 4.90 Å². The van der Waals surface area contributed by atoms with Gasteiger partial charge in [-0.25, -0.2) is 9.59 Å². The van der Waals surface area contributed by atoms with Crippen molar-refractivity contribution in [3.63, 3.8) is 0 Å². The van der Waals surface area contributed by atoms with Crippen molar-refractivity contribution >= 4 is 12.1 Å². The minimum Gasteiger partial charge on any atom is -0.479 e. The Kier molecular flexibility index (Phi) is 6.23. The molecule has 0 heterocycles. The second kappa shape index (κ2) is 8.18. The van der Waals surface area contributed by atoms with Crippen LogP contribution in [0, 0.1) is 5.92 Å². The summed E-state index contributed by atoms with van der Waals surface area (Å²) in [5.41, 5.74) is -0.233. The molecule has 1 N–H and O–H groups in total. The van der Waals surface area contributed by atoms with Crippen LogP contribution in [0.25, 0.3) is 0 Å². The molecule has 5 heteroatoms. The molecule has 1 aromatic rings. The van der Waals surface area contributed by atoms with Gasteiger partial charge in [-0.05, 0) is 30.7 Å². The molecule has 1 aliphatic rings. The van der Waals surface area contributed by atoms with E-state index in [0.29, 0.717) is 19.4 Å². The van der Waals surface area contributed by atoms with E-state index in [-0.39, 0.29) is 12.5 Å². The molecular formula is C19H27NO4. The van der Waals surface area contributed by atoms with Gasteiger partial charge >= 0.3 is 12.1 Å². The lowest BCUT2D eigenvalue weighted by molar-refractivity contribution is -0.153. The van der Waals surface area contributed by atoms with Crippen molar-refractivity contribution in [3.05, 3.63) is 35.9 Å². The van der Waals surface area contributed by atoms with Crippen LogP contribution >= 0.6 is 0 Å². The van der Waals surface area contributed by atoms with Gasteiger partial charge in [0.05, 0.1) is 0 Å². The van der Waals surface area contributed by atoms with Crippen LogP contribution in [-0.2, 0) is 16.1 Å². The molecule has 0 aliphatic heterocycles. The van der Waals surface area contributed by atoms with Crippen molar-refractivity contribution in [1.29, 1.82) is 0 Å². The van der Waals surface area contributed by atoms with Gasteiger partial charge in [-0.2, -0.15) is 0 Å². The van der Waals surface area contributed by atoms with Gasteiger partial charge in [0.1, 0.15) is 12.1 Å². The van der Waals surface area contributed by atoms with Crippen LogP contribution in [0.4, 0.5) is 4.79 Å². The third-order valence-electron chi connectivity index (χ3n) is 5.00. The Morgan fingerprint density at radius 3 is 2.58 bits per heavy atom. The first kappa shape index (κ1) is 18.3. The van der Waals surface area contributed by atoms with Gasteiger partial charge in [0.25, 0.3) is 0 Å². The summed E-state index contributed by atoms with van der Waals surface area (Å²) in [5, 5.41) is 9.95. The first-order valence-corrected chi connectivity index (χ1v) is 8.78. The van der Waals surface area contributed by atoms with Crippen molar-refractivity contribution in [1.82, 2.24) is 4.90 Å². The average molecular weight is 333 g/mol. The van der Waals surface area contributed by atoms with Crippen LogP contribution in [0.3, 0.4) is 0 Å². The fourth-order valence-corrected chi connectivity index (χ4v) is 3.83. The molecule has 0 spiro atoms. The summed E-state index contributed by atoms with van der Waals surface area (Å²) in [6.45, 7) is 4.50. The lowest BCUT2D eigenvalue weighted by Crippen LogP contribution is -2.59. The Balaban J connectivity index is 2.19. The molecule has 1 amide bonds. The van der Waals surface area contributed by atoms with Crippen molar-refractivity contribution < 1.29 is 19.4 Å². The number of rotatable bonds is 7. The number of ether oxygens (including phenoxy) is 1. The van der Waals surface area contributed by atoms with E-state index in [9.17, 15) is 14.7 Å². The second-order valence-corrected chi connectivity index (χ2v) is 6.42. The molecular weight excluding hydrogens is 306 g/mol. The topological polar surface area (TPSA) is 66.8 Å². The van der Waals surface area contributed by atoms with Crippen molar-refractivity contribution in [2.45, 2.75) is 58.1 Å². The van der Waals surface area contributed by atoms with Crippen LogP contribution in [0.5, 0.6) is 0 Å². The molecule has 5 nitrogen and oxygen atoms in total. The number of carboxylic acids is 1. The molecule has 0 aromatic heterocycles. The number of carbonyl (C=O) groups excluding carboxylic acids is 1. The molecule has 1 aliphatic carbocycles. The highest BCUT2D eigenvalue weighted by Crippen LogP contribution is 2.43. The zero-order valence-electron chi connectivity index (χ0n) is 14.5. The van der Waals surface area contributed by atoms with Crippen molar-refractivity contribution in [2.24, 2.45) is 5.92 Å². The van der Waals surface area contributed by atoms with E-state index in [0.717, 1.165) is 24.8 Å². The van der Waals surface area contributed by atoms with Crippen LogP contribution < -0.4 is 0 Å². The van der Waals surface area contributed by atoms with Gasteiger partial charge in [0.15, 0.2) is 0 Å². The fourth-order valence-electron chi connectivity index (χ4n) is 3.83. The Morgan fingerprint density at radius 2 is 2.00 bits per heavy atom. The van der Waals surface area contributed by atoms with Gasteiger partial charge < -0.3 is 9.84 Å². The van der Waals surface area contributed by atoms with E-state index in [1.165, 1.54) is 4.90 Å². The highest BCUT2D eigenvalue weighted by Gasteiger charge is 2.54. The third kappa shape index (κ3) is 3.55. The Bertz CT molecular complexity index is 560. The van der Waals surface area contributed by atoms with E-state index < -0.39 is 17.6 Å². The number of amides is 1. The minimum atomic E-state index is -1.13. The van der Waals surface area contributed by atoms with E-state index in [1.807, 2.05) is 44.2 Å². The summed E-state index contributed by atoms with van der Waals surface area (Å²) >= 11 is 0. The molecule has 132 valence electrons. The smallest absolute Gasteiger partial charge is 0.411 e. The molecule has 2 unspecified atom stereocenters. The Morgan fingerprint density at radius 1 is 1.29 bits per heavy atom. The van der Waals surface area contributed by atoms with Crippen molar-refractivity contribution in [3.8, 4) is 0 Å². The number of hydrogen-bond donors (Lipinski definition) is 1. The molecule has 1 saturated carbocycles. The zero-order valence-corrected chi connectivity index (χ0v) is 14.5. The minimum absolute atomic E-state index is 0.0224. The summed E-state index contributed by atoms with van der Waals surface area (Å²) in [6, 6.07) is 9.44. The summed E-state index contributed by atoms with van der Waals surface area (Å²) in [4.78, 5) is 26.3. The van der Waals surface area contributed by atoms with Gasteiger partial charge in [0, 0.05) is 6.54 Å². The number of aliphatic carboxylic acids is 1. The monoisotopic (exact) mass is 333 g/mol. The van der Waals surface area contributed by atoms with Crippen LogP contribution in [-0.4, -0.2) is 34.2 Å². The Labute approximate surface area is 143 Å². The maximum Gasteiger partial charge on any atom is 0.411 e. The molecule has 1 fully saturated rings. The van der Waals surface area contributed by atoms with E-state index in [1.54, 1.807) is 0 Å². The predicted octanol–water partition coefficient (Wildman–Crippen LogP) is 4.07. The number of benzene rings is 1. The number of hydrogen-bond acceptors (Lipinski definition) is 3. The molecule has 24 heavy (non-hydrogen) atoms. The maximum atomic E-state index is 12.7. The standard InChI is InChI=1S/C19H27NO4/c1-3-13-20(18(23)24-14-15-9-6-5-7-10-15)19(17(21)22)12-8-11-16(19)4-2/h5-7,9-10,16H,3-4,8,11-14H2,1-2H3,(H,21,22). The highest BCUT2D eigenvalue weighted by molar-refractivity contribution is 5.85. The first-order chi connectivity index (χ1) is 11.6. The summed E-state index contributed by atoms with van der Waals surface area (Å²) in [7, 11) is 0. The second-order valence-electron chi connectivity index (χ2n) is 6.42. The molecule has 2 atom stereocenters. The first-order valence-electron chi connectivity index (χ1n) is 8.78. The molecule has 1 aromatic carbocycles. The fraction of sp³-hybridized carbons (Fsp3) is 0.579. The normalized spacial score (nSPS) is 23.0. The highest BCUT2D eigenvalue weighted by atomic mass is 16.6.